The van der Waals surface area contributed by atoms with Crippen molar-refractivity contribution in [2.75, 3.05) is 0 Å². The van der Waals surface area contributed by atoms with Gasteiger partial charge in [0.15, 0.2) is 0 Å². The lowest BCUT2D eigenvalue weighted by Crippen LogP contribution is -2.03. The summed E-state index contributed by atoms with van der Waals surface area (Å²) < 4.78 is 0. The molecule has 0 fully saturated rings. The van der Waals surface area contributed by atoms with E-state index in [2.05, 4.69) is 16.9 Å². The molecule has 2 rings (SSSR count). The number of hydrogen-bond acceptors (Lipinski definition) is 3. The Kier molecular flexibility index (Phi) is 2.04. The Hall–Kier alpha value is -0.960. The van der Waals surface area contributed by atoms with E-state index in [9.17, 15) is 0 Å². The van der Waals surface area contributed by atoms with Crippen molar-refractivity contribution in [1.82, 2.24) is 9.97 Å². The fourth-order valence-electron chi connectivity index (χ4n) is 1.83. The summed E-state index contributed by atoms with van der Waals surface area (Å²) in [5.41, 5.74) is 3.82. The molecule has 13 heavy (non-hydrogen) atoms. The van der Waals surface area contributed by atoms with Crippen LogP contribution in [0.1, 0.15) is 42.0 Å². The average molecular weight is 178 g/mol. The maximum absolute atomic E-state index is 9.01. The van der Waals surface area contributed by atoms with Gasteiger partial charge in [0.1, 0.15) is 0 Å². The molecule has 70 valence electrons. The first-order chi connectivity index (χ1) is 6.22. The molecule has 0 saturated carbocycles. The zero-order chi connectivity index (χ0) is 9.42. The molecule has 3 nitrogen and oxygen atoms in total. The molecule has 0 aliphatic heterocycles. The van der Waals surface area contributed by atoms with Crippen molar-refractivity contribution in [3.63, 3.8) is 0 Å². The Bertz CT molecular complexity index is 336. The summed E-state index contributed by atoms with van der Waals surface area (Å²) in [6.45, 7) is 4.09. The van der Waals surface area contributed by atoms with Crippen LogP contribution < -0.4 is 0 Å². The van der Waals surface area contributed by atoms with Crippen LogP contribution in [0.25, 0.3) is 0 Å². The smallest absolute Gasteiger partial charge is 0.0873 e. The Labute approximate surface area is 77.8 Å². The molecule has 0 spiro atoms. The zero-order valence-electron chi connectivity index (χ0n) is 8.04. The summed E-state index contributed by atoms with van der Waals surface area (Å²) in [6, 6.07) is 0. The second kappa shape index (κ2) is 3.07. The van der Waals surface area contributed by atoms with Crippen molar-refractivity contribution in [3.05, 3.63) is 22.8 Å². The fraction of sp³-hybridized carbons (Fsp3) is 0.600. The zero-order valence-corrected chi connectivity index (χ0v) is 8.04. The average Bonchev–Trinajstić information content (AvgIpc) is 2.47. The van der Waals surface area contributed by atoms with Crippen molar-refractivity contribution in [2.45, 2.75) is 39.2 Å². The molecule has 0 bridgehead atoms. The van der Waals surface area contributed by atoms with Crippen molar-refractivity contribution in [3.8, 4) is 0 Å². The summed E-state index contributed by atoms with van der Waals surface area (Å²) in [7, 11) is 0. The van der Waals surface area contributed by atoms with Gasteiger partial charge >= 0.3 is 0 Å². The molecule has 0 amide bonds. The number of nitrogens with zero attached hydrogens (tertiary/aromatic N) is 2. The third-order valence-corrected chi connectivity index (χ3v) is 2.70. The molecule has 1 unspecified atom stereocenters. The van der Waals surface area contributed by atoms with Crippen LogP contribution in [0.2, 0.25) is 0 Å². The van der Waals surface area contributed by atoms with Crippen molar-refractivity contribution >= 4 is 0 Å². The second-order valence-corrected chi connectivity index (χ2v) is 3.69. The quantitative estimate of drug-likeness (QED) is 0.705. The lowest BCUT2D eigenvalue weighted by molar-refractivity contribution is 0.275. The summed E-state index contributed by atoms with van der Waals surface area (Å²) in [5, 5.41) is 9.01. The van der Waals surface area contributed by atoms with Crippen LogP contribution in [0, 0.1) is 6.92 Å². The second-order valence-electron chi connectivity index (χ2n) is 3.69. The van der Waals surface area contributed by atoms with Gasteiger partial charge in [-0.25, -0.2) is 0 Å². The molecular formula is C10H14N2O. The number of aromatic nitrogens is 2. The number of fused-ring (bicyclic) bond motifs is 1. The van der Waals surface area contributed by atoms with Crippen LogP contribution in [-0.2, 0) is 13.0 Å². The van der Waals surface area contributed by atoms with E-state index >= 15 is 0 Å². The molecule has 0 aromatic carbocycles. The van der Waals surface area contributed by atoms with Crippen LogP contribution in [0.4, 0.5) is 0 Å². The summed E-state index contributed by atoms with van der Waals surface area (Å²) in [4.78, 5) is 8.89. The molecule has 1 aromatic rings. The molecule has 3 heteroatoms. The maximum Gasteiger partial charge on any atom is 0.0873 e. The van der Waals surface area contributed by atoms with Crippen molar-refractivity contribution in [2.24, 2.45) is 0 Å². The van der Waals surface area contributed by atoms with Crippen LogP contribution in [0.5, 0.6) is 0 Å². The van der Waals surface area contributed by atoms with E-state index in [1.54, 1.807) is 0 Å². The minimum absolute atomic E-state index is 0.000490. The molecule has 1 atom stereocenters. The third kappa shape index (κ3) is 1.33. The number of aliphatic hydroxyl groups excluding tert-OH is 1. The Morgan fingerprint density at radius 3 is 2.92 bits per heavy atom. The van der Waals surface area contributed by atoms with Gasteiger partial charge in [-0.1, -0.05) is 6.92 Å². The summed E-state index contributed by atoms with van der Waals surface area (Å²) in [6.07, 6.45) is 2.15. The van der Waals surface area contributed by atoms with Crippen molar-refractivity contribution in [1.29, 1.82) is 0 Å². The van der Waals surface area contributed by atoms with E-state index in [4.69, 9.17) is 5.11 Å². The van der Waals surface area contributed by atoms with Gasteiger partial charge in [0.2, 0.25) is 0 Å². The lowest BCUT2D eigenvalue weighted by Gasteiger charge is -2.06. The fourth-order valence-corrected chi connectivity index (χ4v) is 1.83. The normalized spacial score (nSPS) is 20.4. The molecule has 1 aliphatic rings. The van der Waals surface area contributed by atoms with Gasteiger partial charge in [-0.3, -0.25) is 9.97 Å². The summed E-state index contributed by atoms with van der Waals surface area (Å²) in [5.74, 6) is 0.536. The van der Waals surface area contributed by atoms with Gasteiger partial charge in [-0.2, -0.15) is 0 Å². The number of hydrogen-bond donors (Lipinski definition) is 1. The van der Waals surface area contributed by atoms with Crippen LogP contribution in [0.3, 0.4) is 0 Å². The van der Waals surface area contributed by atoms with Crippen molar-refractivity contribution < 1.29 is 5.11 Å². The highest BCUT2D eigenvalue weighted by Crippen LogP contribution is 2.30. The highest BCUT2D eigenvalue weighted by Gasteiger charge is 2.22. The Morgan fingerprint density at radius 2 is 2.23 bits per heavy atom. The topological polar surface area (TPSA) is 46.0 Å². The van der Waals surface area contributed by atoms with E-state index in [1.807, 2.05) is 6.92 Å². The van der Waals surface area contributed by atoms with Gasteiger partial charge in [0.05, 0.1) is 29.4 Å². The standard InChI is InChI=1S/C10H14N2O/c1-6-3-4-8-10(6)11-7(2)9(5-13)12-8/h6,13H,3-5H2,1-2H3. The Balaban J connectivity index is 2.50. The SMILES string of the molecule is Cc1nc2c(nc1CO)CCC2C. The molecular weight excluding hydrogens is 164 g/mol. The highest BCUT2D eigenvalue weighted by atomic mass is 16.3. The van der Waals surface area contributed by atoms with Gasteiger partial charge in [0.25, 0.3) is 0 Å². The predicted octanol–water partition coefficient (Wildman–Crippen LogP) is 1.33. The van der Waals surface area contributed by atoms with Gasteiger partial charge in [-0.05, 0) is 19.8 Å². The largest absolute Gasteiger partial charge is 0.390 e. The predicted molar refractivity (Wildman–Crippen MR) is 49.4 cm³/mol. The van der Waals surface area contributed by atoms with E-state index in [-0.39, 0.29) is 6.61 Å². The van der Waals surface area contributed by atoms with Gasteiger partial charge in [-0.15, -0.1) is 0 Å². The molecule has 1 heterocycles. The van der Waals surface area contributed by atoms with Gasteiger partial charge in [0, 0.05) is 5.92 Å². The minimum Gasteiger partial charge on any atom is -0.390 e. The first-order valence-electron chi connectivity index (χ1n) is 4.69. The van der Waals surface area contributed by atoms with E-state index in [0.29, 0.717) is 5.92 Å². The molecule has 1 N–H and O–H groups in total. The van der Waals surface area contributed by atoms with E-state index in [0.717, 1.165) is 35.6 Å². The summed E-state index contributed by atoms with van der Waals surface area (Å²) >= 11 is 0. The minimum atomic E-state index is 0.000490. The first kappa shape index (κ1) is 8.63. The van der Waals surface area contributed by atoms with Gasteiger partial charge < -0.3 is 5.11 Å². The monoisotopic (exact) mass is 178 g/mol. The Morgan fingerprint density at radius 1 is 1.46 bits per heavy atom. The van der Waals surface area contributed by atoms with Crippen LogP contribution >= 0.6 is 0 Å². The van der Waals surface area contributed by atoms with Crippen LogP contribution in [0.15, 0.2) is 0 Å². The first-order valence-corrected chi connectivity index (χ1v) is 4.69. The van der Waals surface area contributed by atoms with Crippen LogP contribution in [-0.4, -0.2) is 15.1 Å². The number of aryl methyl sites for hydroxylation is 2. The third-order valence-electron chi connectivity index (χ3n) is 2.70. The molecule has 1 aromatic heterocycles. The van der Waals surface area contributed by atoms with E-state index in [1.165, 1.54) is 0 Å². The molecule has 0 radical (unpaired) electrons. The highest BCUT2D eigenvalue weighted by molar-refractivity contribution is 5.26. The maximum atomic E-state index is 9.01. The molecule has 1 aliphatic carbocycles. The number of aliphatic hydroxyl groups is 1. The number of rotatable bonds is 1. The van der Waals surface area contributed by atoms with E-state index < -0.39 is 0 Å². The molecule has 0 saturated heterocycles. The lowest BCUT2D eigenvalue weighted by atomic mass is 10.1.